The summed E-state index contributed by atoms with van der Waals surface area (Å²) in [6, 6.07) is 10.2. The highest BCUT2D eigenvalue weighted by atomic mass is 32.2. The van der Waals surface area contributed by atoms with E-state index in [9.17, 15) is 13.2 Å². The van der Waals surface area contributed by atoms with Gasteiger partial charge in [-0.3, -0.25) is 4.79 Å². The molecule has 0 aliphatic heterocycles. The van der Waals surface area contributed by atoms with Gasteiger partial charge < -0.3 is 0 Å². The van der Waals surface area contributed by atoms with Gasteiger partial charge in [0.15, 0.2) is 21.8 Å². The lowest BCUT2D eigenvalue weighted by atomic mass is 10.2. The Labute approximate surface area is 133 Å². The van der Waals surface area contributed by atoms with Crippen LogP contribution in [0.5, 0.6) is 0 Å². The summed E-state index contributed by atoms with van der Waals surface area (Å²) in [5.41, 5.74) is 1.77. The Morgan fingerprint density at radius 3 is 2.61 bits per heavy atom. The smallest absolute Gasteiger partial charge is 0.180 e. The number of hydrogen-bond donors (Lipinski definition) is 0. The molecule has 0 aliphatic carbocycles. The SMILES string of the molecule is Cc1ccc(S(=O)(=O)CCn2nc(C=O)c3cccnc32)cc1. The maximum atomic E-state index is 12.4. The van der Waals surface area contributed by atoms with Gasteiger partial charge in [0, 0.05) is 11.6 Å². The maximum Gasteiger partial charge on any atom is 0.180 e. The Morgan fingerprint density at radius 1 is 1.17 bits per heavy atom. The first-order valence-corrected chi connectivity index (χ1v) is 8.72. The number of fused-ring (bicyclic) bond motifs is 1. The molecule has 0 saturated heterocycles. The van der Waals surface area contributed by atoms with Crippen LogP contribution in [0.25, 0.3) is 11.0 Å². The monoisotopic (exact) mass is 329 g/mol. The van der Waals surface area contributed by atoms with E-state index in [2.05, 4.69) is 10.1 Å². The largest absolute Gasteiger partial charge is 0.296 e. The Morgan fingerprint density at radius 2 is 1.91 bits per heavy atom. The van der Waals surface area contributed by atoms with E-state index in [-0.39, 0.29) is 22.9 Å². The fraction of sp³-hybridized carbons (Fsp3) is 0.188. The zero-order chi connectivity index (χ0) is 16.4. The lowest BCUT2D eigenvalue weighted by Crippen LogP contribution is -2.14. The lowest BCUT2D eigenvalue weighted by Gasteiger charge is -2.06. The van der Waals surface area contributed by atoms with Crippen LogP contribution in [-0.2, 0) is 16.4 Å². The van der Waals surface area contributed by atoms with E-state index in [1.54, 1.807) is 42.6 Å². The number of aromatic nitrogens is 3. The Balaban J connectivity index is 1.88. The quantitative estimate of drug-likeness (QED) is 0.669. The molecule has 118 valence electrons. The molecule has 0 radical (unpaired) electrons. The average Bonchev–Trinajstić information content (AvgIpc) is 2.92. The van der Waals surface area contributed by atoms with Crippen molar-refractivity contribution in [3.63, 3.8) is 0 Å². The standard InChI is InChI=1S/C16H15N3O3S/c1-12-4-6-13(7-5-12)23(21,22)10-9-19-16-14(3-2-8-17-16)15(11-20)18-19/h2-8,11H,9-10H2,1H3. The number of carbonyl (C=O) groups excluding carboxylic acids is 1. The van der Waals surface area contributed by atoms with E-state index >= 15 is 0 Å². The van der Waals surface area contributed by atoms with Gasteiger partial charge in [-0.2, -0.15) is 5.10 Å². The fourth-order valence-corrected chi connectivity index (χ4v) is 3.55. The van der Waals surface area contributed by atoms with Crippen LogP contribution < -0.4 is 0 Å². The van der Waals surface area contributed by atoms with Crippen molar-refractivity contribution in [2.24, 2.45) is 0 Å². The minimum atomic E-state index is -3.42. The number of aryl methyl sites for hydroxylation is 2. The van der Waals surface area contributed by atoms with Crippen LogP contribution in [0, 0.1) is 6.92 Å². The van der Waals surface area contributed by atoms with Crippen molar-refractivity contribution in [2.45, 2.75) is 18.4 Å². The molecule has 0 N–H and O–H groups in total. The lowest BCUT2D eigenvalue weighted by molar-refractivity contribution is 0.111. The summed E-state index contributed by atoms with van der Waals surface area (Å²) in [4.78, 5) is 15.5. The molecule has 0 unspecified atom stereocenters. The van der Waals surface area contributed by atoms with Crippen LogP contribution in [0.15, 0.2) is 47.5 Å². The third kappa shape index (κ3) is 3.00. The molecule has 0 fully saturated rings. The first-order valence-electron chi connectivity index (χ1n) is 7.07. The van der Waals surface area contributed by atoms with Gasteiger partial charge in [0.2, 0.25) is 0 Å². The van der Waals surface area contributed by atoms with E-state index in [1.165, 1.54) is 4.68 Å². The highest BCUT2D eigenvalue weighted by Gasteiger charge is 2.17. The normalized spacial score (nSPS) is 11.7. The van der Waals surface area contributed by atoms with Crippen molar-refractivity contribution in [3.05, 3.63) is 53.9 Å². The van der Waals surface area contributed by atoms with Crippen LogP contribution in [0.2, 0.25) is 0 Å². The molecule has 3 rings (SSSR count). The number of aldehydes is 1. The van der Waals surface area contributed by atoms with Gasteiger partial charge in [0.05, 0.1) is 17.2 Å². The number of nitrogens with zero attached hydrogens (tertiary/aromatic N) is 3. The summed E-state index contributed by atoms with van der Waals surface area (Å²) < 4.78 is 26.3. The minimum Gasteiger partial charge on any atom is -0.296 e. The second kappa shape index (κ2) is 5.92. The molecule has 0 atom stereocenters. The number of sulfone groups is 1. The van der Waals surface area contributed by atoms with E-state index in [4.69, 9.17) is 0 Å². The molecule has 6 nitrogen and oxygen atoms in total. The third-order valence-corrected chi connectivity index (χ3v) is 5.31. The highest BCUT2D eigenvalue weighted by Crippen LogP contribution is 2.16. The second-order valence-corrected chi connectivity index (χ2v) is 7.34. The van der Waals surface area contributed by atoms with Gasteiger partial charge in [-0.15, -0.1) is 0 Å². The van der Waals surface area contributed by atoms with E-state index in [1.807, 2.05) is 6.92 Å². The molecule has 0 spiro atoms. The Bertz CT molecular complexity index is 960. The minimum absolute atomic E-state index is 0.109. The molecule has 2 heterocycles. The predicted octanol–water partition coefficient (Wildman–Crippen LogP) is 2.03. The van der Waals surface area contributed by atoms with E-state index in [0.29, 0.717) is 17.3 Å². The molecule has 7 heteroatoms. The van der Waals surface area contributed by atoms with Crippen molar-refractivity contribution in [1.29, 1.82) is 0 Å². The second-order valence-electron chi connectivity index (χ2n) is 5.23. The summed E-state index contributed by atoms with van der Waals surface area (Å²) in [6.45, 7) is 2.04. The van der Waals surface area contributed by atoms with Crippen LogP contribution in [-0.4, -0.2) is 35.2 Å². The zero-order valence-electron chi connectivity index (χ0n) is 12.5. The summed E-state index contributed by atoms with van der Waals surface area (Å²) in [6.07, 6.45) is 2.23. The molecule has 0 amide bonds. The van der Waals surface area contributed by atoms with Crippen molar-refractivity contribution >= 4 is 27.2 Å². The van der Waals surface area contributed by atoms with Crippen LogP contribution in [0.3, 0.4) is 0 Å². The van der Waals surface area contributed by atoms with Gasteiger partial charge in [0.25, 0.3) is 0 Å². The first kappa shape index (κ1) is 15.4. The van der Waals surface area contributed by atoms with Gasteiger partial charge in [0.1, 0.15) is 5.69 Å². The zero-order valence-corrected chi connectivity index (χ0v) is 13.3. The molecule has 23 heavy (non-hydrogen) atoms. The van der Waals surface area contributed by atoms with Crippen molar-refractivity contribution in [3.8, 4) is 0 Å². The molecule has 0 bridgehead atoms. The molecule has 1 aromatic carbocycles. The first-order chi connectivity index (χ1) is 11.0. The average molecular weight is 329 g/mol. The van der Waals surface area contributed by atoms with Gasteiger partial charge in [-0.25, -0.2) is 18.1 Å². The summed E-state index contributed by atoms with van der Waals surface area (Å²) in [7, 11) is -3.42. The number of rotatable bonds is 5. The molecular weight excluding hydrogens is 314 g/mol. The topological polar surface area (TPSA) is 81.9 Å². The fourth-order valence-electron chi connectivity index (χ4n) is 2.35. The van der Waals surface area contributed by atoms with Gasteiger partial charge >= 0.3 is 0 Å². The van der Waals surface area contributed by atoms with Gasteiger partial charge in [-0.05, 0) is 31.2 Å². The van der Waals surface area contributed by atoms with Crippen molar-refractivity contribution in [2.75, 3.05) is 5.75 Å². The Kier molecular flexibility index (Phi) is 3.96. The molecule has 0 saturated carbocycles. The summed E-state index contributed by atoms with van der Waals surface area (Å²) in [5.74, 6) is -0.109. The van der Waals surface area contributed by atoms with Crippen LogP contribution in [0.1, 0.15) is 16.1 Å². The Hall–Kier alpha value is -2.54. The highest BCUT2D eigenvalue weighted by molar-refractivity contribution is 7.91. The maximum absolute atomic E-state index is 12.4. The molecular formula is C16H15N3O3S. The predicted molar refractivity (Wildman–Crippen MR) is 86.1 cm³/mol. The van der Waals surface area contributed by atoms with Gasteiger partial charge in [-0.1, -0.05) is 17.7 Å². The number of pyridine rings is 1. The number of carbonyl (C=O) groups is 1. The van der Waals surface area contributed by atoms with E-state index in [0.717, 1.165) is 5.56 Å². The van der Waals surface area contributed by atoms with Crippen LogP contribution >= 0.6 is 0 Å². The third-order valence-electron chi connectivity index (χ3n) is 3.60. The van der Waals surface area contributed by atoms with Crippen molar-refractivity contribution < 1.29 is 13.2 Å². The molecule has 0 aliphatic rings. The number of hydrogen-bond acceptors (Lipinski definition) is 5. The summed E-state index contributed by atoms with van der Waals surface area (Å²) in [5, 5.41) is 4.76. The number of benzene rings is 1. The molecule has 2 aromatic heterocycles. The van der Waals surface area contributed by atoms with Crippen molar-refractivity contribution in [1.82, 2.24) is 14.8 Å². The van der Waals surface area contributed by atoms with Crippen LogP contribution in [0.4, 0.5) is 0 Å². The summed E-state index contributed by atoms with van der Waals surface area (Å²) >= 11 is 0. The van der Waals surface area contributed by atoms with E-state index < -0.39 is 9.84 Å². The molecule has 3 aromatic rings.